The lowest BCUT2D eigenvalue weighted by molar-refractivity contribution is -0.137. The summed E-state index contributed by atoms with van der Waals surface area (Å²) in [5.41, 5.74) is 0.441. The summed E-state index contributed by atoms with van der Waals surface area (Å²) in [6, 6.07) is 3.20. The summed E-state index contributed by atoms with van der Waals surface area (Å²) in [7, 11) is 1.30. The van der Waals surface area contributed by atoms with Gasteiger partial charge in [-0.3, -0.25) is 4.68 Å². The summed E-state index contributed by atoms with van der Waals surface area (Å²) in [5.74, 6) is 0.489. The molecule has 0 atom stereocenters. The van der Waals surface area contributed by atoms with Crippen LogP contribution < -0.4 is 4.74 Å². The summed E-state index contributed by atoms with van der Waals surface area (Å²) in [4.78, 5) is 0. The Labute approximate surface area is 156 Å². The molecule has 0 N–H and O–H groups in total. The van der Waals surface area contributed by atoms with Gasteiger partial charge in [0.15, 0.2) is 5.15 Å². The van der Waals surface area contributed by atoms with Crippen molar-refractivity contribution in [1.29, 1.82) is 0 Å². The van der Waals surface area contributed by atoms with E-state index in [0.717, 1.165) is 12.1 Å². The van der Waals surface area contributed by atoms with Crippen LogP contribution >= 0.6 is 23.2 Å². The largest absolute Gasteiger partial charge is 0.496 e. The maximum atomic E-state index is 12.9. The summed E-state index contributed by atoms with van der Waals surface area (Å²) in [5, 5.41) is 12.9. The zero-order valence-electron chi connectivity index (χ0n) is 13.5. The number of aryl methyl sites for hydroxylation is 1. The summed E-state index contributed by atoms with van der Waals surface area (Å²) in [6.07, 6.45) is -2.24. The molecule has 0 bridgehead atoms. The van der Waals surface area contributed by atoms with Gasteiger partial charge in [-0.2, -0.15) is 18.3 Å². The first-order valence-electron chi connectivity index (χ1n) is 7.56. The first-order valence-corrected chi connectivity index (χ1v) is 8.47. The van der Waals surface area contributed by atoms with Gasteiger partial charge >= 0.3 is 6.18 Å². The smallest absolute Gasteiger partial charge is 0.416 e. The third-order valence-corrected chi connectivity index (χ3v) is 4.34. The van der Waals surface area contributed by atoms with Gasteiger partial charge in [-0.15, -0.1) is 21.8 Å². The van der Waals surface area contributed by atoms with E-state index in [1.165, 1.54) is 13.2 Å². The van der Waals surface area contributed by atoms with Gasteiger partial charge in [0.25, 0.3) is 0 Å². The highest BCUT2D eigenvalue weighted by Gasteiger charge is 2.31. The molecule has 5 nitrogen and oxygen atoms in total. The lowest BCUT2D eigenvalue weighted by atomic mass is 10.0. The van der Waals surface area contributed by atoms with Crippen LogP contribution in [-0.2, 0) is 12.7 Å². The molecule has 3 rings (SSSR count). The van der Waals surface area contributed by atoms with E-state index in [9.17, 15) is 13.2 Å². The third-order valence-electron chi connectivity index (χ3n) is 3.82. The van der Waals surface area contributed by atoms with Crippen LogP contribution in [0.25, 0.3) is 22.2 Å². The van der Waals surface area contributed by atoms with Crippen LogP contribution in [0.4, 0.5) is 13.2 Å². The number of halogens is 5. The molecule has 0 spiro atoms. The molecule has 26 heavy (non-hydrogen) atoms. The van der Waals surface area contributed by atoms with E-state index in [1.807, 2.05) is 0 Å². The van der Waals surface area contributed by atoms with Crippen LogP contribution in [0, 0.1) is 0 Å². The number of hydrogen-bond acceptors (Lipinski definition) is 4. The highest BCUT2D eigenvalue weighted by Crippen LogP contribution is 2.39. The standard InChI is InChI=1S/C16H13Cl2F3N4O/c1-26-12-7-9(16(19,20)21)3-4-10(12)13-11-8-22-25(6-2-5-17)14(11)15(18)24-23-13/h3-4,7-8H,2,5-6H2,1H3. The molecule has 0 unspecified atom stereocenters. The molecule has 2 aromatic heterocycles. The molecule has 10 heteroatoms. The maximum Gasteiger partial charge on any atom is 0.416 e. The second kappa shape index (κ2) is 7.28. The van der Waals surface area contributed by atoms with Gasteiger partial charge in [-0.25, -0.2) is 0 Å². The summed E-state index contributed by atoms with van der Waals surface area (Å²) >= 11 is 11.9. The number of ether oxygens (including phenoxy) is 1. The minimum Gasteiger partial charge on any atom is -0.496 e. The quantitative estimate of drug-likeness (QED) is 0.572. The van der Waals surface area contributed by atoms with E-state index in [4.69, 9.17) is 27.9 Å². The second-order valence-electron chi connectivity index (χ2n) is 5.42. The molecule has 138 valence electrons. The fourth-order valence-corrected chi connectivity index (χ4v) is 2.97. The van der Waals surface area contributed by atoms with Crippen molar-refractivity contribution in [3.05, 3.63) is 35.1 Å². The van der Waals surface area contributed by atoms with Crippen molar-refractivity contribution in [2.75, 3.05) is 13.0 Å². The molecule has 3 aromatic rings. The fourth-order valence-electron chi connectivity index (χ4n) is 2.61. The van der Waals surface area contributed by atoms with Gasteiger partial charge in [0, 0.05) is 18.0 Å². The van der Waals surface area contributed by atoms with Crippen LogP contribution in [-0.4, -0.2) is 33.0 Å². The Kier molecular flexibility index (Phi) is 5.24. The third kappa shape index (κ3) is 3.43. The van der Waals surface area contributed by atoms with Crippen molar-refractivity contribution >= 4 is 34.1 Å². The van der Waals surface area contributed by atoms with Crippen LogP contribution in [0.1, 0.15) is 12.0 Å². The van der Waals surface area contributed by atoms with Crippen LogP contribution in [0.15, 0.2) is 24.4 Å². The van der Waals surface area contributed by atoms with Crippen molar-refractivity contribution in [2.45, 2.75) is 19.1 Å². The monoisotopic (exact) mass is 404 g/mol. The van der Waals surface area contributed by atoms with Gasteiger partial charge in [0.2, 0.25) is 0 Å². The molecule has 0 saturated carbocycles. The van der Waals surface area contributed by atoms with Gasteiger partial charge in [-0.05, 0) is 24.6 Å². The zero-order chi connectivity index (χ0) is 18.9. The number of rotatable bonds is 5. The minimum atomic E-state index is -4.47. The van der Waals surface area contributed by atoms with Gasteiger partial charge in [-0.1, -0.05) is 11.6 Å². The van der Waals surface area contributed by atoms with Crippen molar-refractivity contribution in [3.63, 3.8) is 0 Å². The topological polar surface area (TPSA) is 52.8 Å². The van der Waals surface area contributed by atoms with Gasteiger partial charge in [0.05, 0.1) is 24.3 Å². The highest BCUT2D eigenvalue weighted by molar-refractivity contribution is 6.34. The Morgan fingerprint density at radius 3 is 2.65 bits per heavy atom. The molecule has 0 amide bonds. The van der Waals surface area contributed by atoms with Gasteiger partial charge in [0.1, 0.15) is 17.0 Å². The number of aromatic nitrogens is 4. The zero-order valence-corrected chi connectivity index (χ0v) is 15.0. The maximum absolute atomic E-state index is 12.9. The van der Waals surface area contributed by atoms with Gasteiger partial charge < -0.3 is 4.74 Å². The number of benzene rings is 1. The van der Waals surface area contributed by atoms with E-state index >= 15 is 0 Å². The minimum absolute atomic E-state index is 0.0336. The molecule has 0 fully saturated rings. The number of methoxy groups -OCH3 is 1. The number of alkyl halides is 4. The second-order valence-corrected chi connectivity index (χ2v) is 6.16. The van der Waals surface area contributed by atoms with E-state index in [0.29, 0.717) is 41.0 Å². The lowest BCUT2D eigenvalue weighted by Gasteiger charge is -2.13. The van der Waals surface area contributed by atoms with E-state index in [-0.39, 0.29) is 10.9 Å². The number of nitrogens with zero attached hydrogens (tertiary/aromatic N) is 4. The molecule has 2 heterocycles. The van der Waals surface area contributed by atoms with E-state index in [2.05, 4.69) is 15.3 Å². The van der Waals surface area contributed by atoms with Crippen LogP contribution in [0.2, 0.25) is 5.15 Å². The summed E-state index contributed by atoms with van der Waals surface area (Å²) < 4.78 is 45.6. The molecule has 1 aromatic carbocycles. The Balaban J connectivity index is 2.17. The Morgan fingerprint density at radius 2 is 2.00 bits per heavy atom. The van der Waals surface area contributed by atoms with Crippen LogP contribution in [0.3, 0.4) is 0 Å². The summed E-state index contributed by atoms with van der Waals surface area (Å²) in [6.45, 7) is 0.530. The first-order chi connectivity index (χ1) is 12.4. The Bertz CT molecular complexity index is 943. The molecule has 0 aliphatic carbocycles. The predicted octanol–water partition coefficient (Wildman–Crippen LogP) is 4.80. The molecule has 0 saturated heterocycles. The SMILES string of the molecule is COc1cc(C(F)(F)F)ccc1-c1nnc(Cl)c2c1cnn2CCCCl. The molecular formula is C16H13Cl2F3N4O. The van der Waals surface area contributed by atoms with Crippen molar-refractivity contribution < 1.29 is 17.9 Å². The highest BCUT2D eigenvalue weighted by atomic mass is 35.5. The molecule has 0 aliphatic rings. The normalized spacial score (nSPS) is 11.9. The van der Waals surface area contributed by atoms with Crippen molar-refractivity contribution in [3.8, 4) is 17.0 Å². The number of fused-ring (bicyclic) bond motifs is 1. The average Bonchev–Trinajstić information content (AvgIpc) is 3.04. The Morgan fingerprint density at radius 1 is 1.23 bits per heavy atom. The average molecular weight is 405 g/mol. The predicted molar refractivity (Wildman–Crippen MR) is 92.7 cm³/mol. The van der Waals surface area contributed by atoms with Crippen molar-refractivity contribution in [1.82, 2.24) is 20.0 Å². The molecule has 0 radical (unpaired) electrons. The fraction of sp³-hybridized carbons (Fsp3) is 0.312. The van der Waals surface area contributed by atoms with E-state index in [1.54, 1.807) is 10.9 Å². The number of hydrogen-bond donors (Lipinski definition) is 0. The first kappa shape index (κ1) is 18.7. The lowest BCUT2D eigenvalue weighted by Crippen LogP contribution is -2.06. The Hall–Kier alpha value is -2.06. The van der Waals surface area contributed by atoms with Crippen LogP contribution in [0.5, 0.6) is 5.75 Å². The molecule has 0 aliphatic heterocycles. The van der Waals surface area contributed by atoms with Crippen molar-refractivity contribution in [2.24, 2.45) is 0 Å². The molecular weight excluding hydrogens is 392 g/mol. The van der Waals surface area contributed by atoms with E-state index < -0.39 is 11.7 Å².